The molecule has 1 aromatic heterocycles. The van der Waals surface area contributed by atoms with Crippen molar-refractivity contribution in [2.45, 2.75) is 12.5 Å². The fraction of sp³-hybridized carbons (Fsp3) is 0.421. The molecule has 2 aliphatic rings. The predicted molar refractivity (Wildman–Crippen MR) is 106 cm³/mol. The van der Waals surface area contributed by atoms with Gasteiger partial charge in [0.15, 0.2) is 9.84 Å². The highest BCUT2D eigenvalue weighted by molar-refractivity contribution is 7.91. The molecule has 9 nitrogen and oxygen atoms in total. The van der Waals surface area contributed by atoms with Crippen LogP contribution in [0.25, 0.3) is 10.9 Å². The summed E-state index contributed by atoms with van der Waals surface area (Å²) in [5.74, 6) is -1.72. The van der Waals surface area contributed by atoms with Crippen LogP contribution in [0.1, 0.15) is 16.9 Å². The molecule has 3 amide bonds. The summed E-state index contributed by atoms with van der Waals surface area (Å²) in [5.41, 5.74) is 1.38. The number of hydrogen-bond donors (Lipinski definition) is 2. The molecule has 0 saturated carbocycles. The number of para-hydroxylation sites is 1. The summed E-state index contributed by atoms with van der Waals surface area (Å²) in [5, 5.41) is 3.47. The lowest BCUT2D eigenvalue weighted by molar-refractivity contribution is -0.147. The van der Waals surface area contributed by atoms with Crippen molar-refractivity contribution in [1.29, 1.82) is 0 Å². The fourth-order valence-corrected chi connectivity index (χ4v) is 5.44. The predicted octanol–water partition coefficient (Wildman–Crippen LogP) is -0.244. The monoisotopic (exact) mass is 418 g/mol. The molecule has 0 unspecified atom stereocenters. The lowest BCUT2D eigenvalue weighted by atomic mass is 10.2. The first-order valence-electron chi connectivity index (χ1n) is 9.50. The van der Waals surface area contributed by atoms with E-state index in [1.54, 1.807) is 11.0 Å². The second-order valence-electron chi connectivity index (χ2n) is 7.43. The van der Waals surface area contributed by atoms with Gasteiger partial charge in [0.25, 0.3) is 5.91 Å². The standard InChI is InChI=1S/C19H22N4O5S/c24-17(20-14-5-10-29(27,28)12-14)19(26)23-8-6-22(7-9-23)18(25)16-11-13-3-1-2-4-15(13)21-16/h1-4,11,14,21H,5-10,12H2,(H,20,24)/t14-/m1/s1. The van der Waals surface area contributed by atoms with Crippen LogP contribution in [-0.4, -0.2) is 84.6 Å². The van der Waals surface area contributed by atoms with Crippen LogP contribution in [0.2, 0.25) is 0 Å². The lowest BCUT2D eigenvalue weighted by Crippen LogP contribution is -2.54. The number of H-pyrrole nitrogens is 1. The van der Waals surface area contributed by atoms with Gasteiger partial charge in [0.05, 0.1) is 11.5 Å². The molecular formula is C19H22N4O5S. The van der Waals surface area contributed by atoms with Gasteiger partial charge in [0.2, 0.25) is 0 Å². The van der Waals surface area contributed by atoms with E-state index in [1.165, 1.54) is 4.90 Å². The van der Waals surface area contributed by atoms with Gasteiger partial charge in [0, 0.05) is 43.1 Å². The quantitative estimate of drug-likeness (QED) is 0.652. The van der Waals surface area contributed by atoms with Crippen molar-refractivity contribution in [3.8, 4) is 0 Å². The summed E-state index contributed by atoms with van der Waals surface area (Å²) < 4.78 is 23.0. The number of nitrogens with zero attached hydrogens (tertiary/aromatic N) is 2. The Morgan fingerprint density at radius 2 is 1.72 bits per heavy atom. The van der Waals surface area contributed by atoms with Crippen LogP contribution in [-0.2, 0) is 19.4 Å². The van der Waals surface area contributed by atoms with Crippen molar-refractivity contribution >= 4 is 38.5 Å². The molecule has 2 fully saturated rings. The van der Waals surface area contributed by atoms with Crippen LogP contribution in [0.3, 0.4) is 0 Å². The van der Waals surface area contributed by atoms with Crippen molar-refractivity contribution in [2.75, 3.05) is 37.7 Å². The smallest absolute Gasteiger partial charge is 0.312 e. The van der Waals surface area contributed by atoms with E-state index >= 15 is 0 Å². The van der Waals surface area contributed by atoms with Gasteiger partial charge in [-0.1, -0.05) is 18.2 Å². The molecule has 1 atom stereocenters. The number of carbonyl (C=O) groups is 3. The highest BCUT2D eigenvalue weighted by atomic mass is 32.2. The molecule has 154 valence electrons. The number of rotatable bonds is 2. The largest absolute Gasteiger partial charge is 0.351 e. The van der Waals surface area contributed by atoms with Gasteiger partial charge in [-0.05, 0) is 18.6 Å². The minimum Gasteiger partial charge on any atom is -0.351 e. The third-order valence-corrected chi connectivity index (χ3v) is 7.14. The van der Waals surface area contributed by atoms with E-state index in [0.29, 0.717) is 25.2 Å². The second kappa shape index (κ2) is 7.51. The summed E-state index contributed by atoms with van der Waals surface area (Å²) in [6.45, 7) is 1.15. The highest BCUT2D eigenvalue weighted by Crippen LogP contribution is 2.17. The summed E-state index contributed by atoms with van der Waals surface area (Å²) >= 11 is 0. The number of aromatic nitrogens is 1. The molecule has 3 heterocycles. The normalized spacial score (nSPS) is 21.3. The molecule has 2 aromatic rings. The topological polar surface area (TPSA) is 120 Å². The van der Waals surface area contributed by atoms with E-state index in [0.717, 1.165) is 10.9 Å². The third kappa shape index (κ3) is 4.12. The highest BCUT2D eigenvalue weighted by Gasteiger charge is 2.33. The van der Waals surface area contributed by atoms with Crippen LogP contribution < -0.4 is 5.32 Å². The number of sulfone groups is 1. The summed E-state index contributed by atoms with van der Waals surface area (Å²) in [7, 11) is -3.13. The number of nitrogens with one attached hydrogen (secondary N) is 2. The van der Waals surface area contributed by atoms with E-state index < -0.39 is 27.7 Å². The summed E-state index contributed by atoms with van der Waals surface area (Å²) in [6.07, 6.45) is 0.328. The van der Waals surface area contributed by atoms with E-state index in [4.69, 9.17) is 0 Å². The summed E-state index contributed by atoms with van der Waals surface area (Å²) in [6, 6.07) is 8.91. The zero-order chi connectivity index (χ0) is 20.6. The maximum Gasteiger partial charge on any atom is 0.312 e. The molecular weight excluding hydrogens is 396 g/mol. The van der Waals surface area contributed by atoms with Gasteiger partial charge in [-0.2, -0.15) is 0 Å². The number of carbonyl (C=O) groups excluding carboxylic acids is 3. The first kappa shape index (κ1) is 19.4. The molecule has 1 aromatic carbocycles. The van der Waals surface area contributed by atoms with Crippen molar-refractivity contribution in [2.24, 2.45) is 0 Å². The average molecular weight is 418 g/mol. The number of aromatic amines is 1. The number of hydrogen-bond acceptors (Lipinski definition) is 5. The molecule has 0 aliphatic carbocycles. The third-order valence-electron chi connectivity index (χ3n) is 5.38. The average Bonchev–Trinajstić information content (AvgIpc) is 3.29. The van der Waals surface area contributed by atoms with E-state index in [1.807, 2.05) is 24.3 Å². The Morgan fingerprint density at radius 1 is 1.03 bits per heavy atom. The minimum absolute atomic E-state index is 0.0285. The molecule has 2 saturated heterocycles. The van der Waals surface area contributed by atoms with Gasteiger partial charge >= 0.3 is 11.8 Å². The van der Waals surface area contributed by atoms with Gasteiger partial charge in [-0.15, -0.1) is 0 Å². The fourth-order valence-electron chi connectivity index (χ4n) is 3.77. The molecule has 29 heavy (non-hydrogen) atoms. The molecule has 2 aliphatic heterocycles. The van der Waals surface area contributed by atoms with Crippen molar-refractivity contribution in [3.63, 3.8) is 0 Å². The van der Waals surface area contributed by atoms with Gasteiger partial charge < -0.3 is 20.1 Å². The second-order valence-corrected chi connectivity index (χ2v) is 9.66. The Morgan fingerprint density at radius 3 is 2.38 bits per heavy atom. The van der Waals surface area contributed by atoms with Gasteiger partial charge in [-0.25, -0.2) is 8.42 Å². The maximum absolute atomic E-state index is 12.7. The molecule has 0 radical (unpaired) electrons. The Balaban J connectivity index is 1.32. The van der Waals surface area contributed by atoms with Crippen LogP contribution in [0.5, 0.6) is 0 Å². The zero-order valence-corrected chi connectivity index (χ0v) is 16.6. The van der Waals surface area contributed by atoms with Gasteiger partial charge in [-0.3, -0.25) is 14.4 Å². The Bertz CT molecular complexity index is 1040. The lowest BCUT2D eigenvalue weighted by Gasteiger charge is -2.34. The molecule has 4 rings (SSSR count). The zero-order valence-electron chi connectivity index (χ0n) is 15.8. The minimum atomic E-state index is -3.13. The van der Waals surface area contributed by atoms with Crippen molar-refractivity contribution < 1.29 is 22.8 Å². The first-order valence-corrected chi connectivity index (χ1v) is 11.3. The molecule has 2 N–H and O–H groups in total. The van der Waals surface area contributed by atoms with Crippen LogP contribution in [0.4, 0.5) is 0 Å². The van der Waals surface area contributed by atoms with E-state index in [2.05, 4.69) is 10.3 Å². The molecule has 0 bridgehead atoms. The summed E-state index contributed by atoms with van der Waals surface area (Å²) in [4.78, 5) is 43.4. The van der Waals surface area contributed by atoms with E-state index in [-0.39, 0.29) is 30.5 Å². The van der Waals surface area contributed by atoms with Crippen molar-refractivity contribution in [3.05, 3.63) is 36.0 Å². The number of amides is 3. The van der Waals surface area contributed by atoms with Crippen LogP contribution >= 0.6 is 0 Å². The molecule has 10 heteroatoms. The number of fused-ring (bicyclic) bond motifs is 1. The van der Waals surface area contributed by atoms with Crippen LogP contribution in [0.15, 0.2) is 30.3 Å². The number of piperazine rings is 1. The first-order chi connectivity index (χ1) is 13.8. The van der Waals surface area contributed by atoms with Crippen molar-refractivity contribution in [1.82, 2.24) is 20.1 Å². The van der Waals surface area contributed by atoms with Gasteiger partial charge in [0.1, 0.15) is 5.69 Å². The Hall–Kier alpha value is -2.88. The Kier molecular flexibility index (Phi) is 5.03. The maximum atomic E-state index is 12.7. The molecule has 0 spiro atoms. The van der Waals surface area contributed by atoms with Crippen LogP contribution in [0, 0.1) is 0 Å². The Labute approximate surface area is 168 Å². The SMILES string of the molecule is O=C(N[C@@H]1CCS(=O)(=O)C1)C(=O)N1CCN(C(=O)c2cc3ccccc3[nH]2)CC1. The van der Waals surface area contributed by atoms with E-state index in [9.17, 15) is 22.8 Å². The number of benzene rings is 1.